The minimum absolute atomic E-state index is 0.0501. The third kappa shape index (κ3) is 5.79. The van der Waals surface area contributed by atoms with E-state index in [4.69, 9.17) is 22.0 Å². The Kier molecular flexibility index (Phi) is 8.61. The molecule has 0 aliphatic carbocycles. The Bertz CT molecular complexity index is 1390. The number of nitrogens with two attached hydrogens (primary N) is 3. The Morgan fingerprint density at radius 2 is 2.18 bits per heavy atom. The summed E-state index contributed by atoms with van der Waals surface area (Å²) in [7, 11) is 0. The molecule has 14 nitrogen and oxygen atoms in total. The lowest BCUT2D eigenvalue weighted by Gasteiger charge is -2.49. The summed E-state index contributed by atoms with van der Waals surface area (Å²) in [5, 5.41) is 18.1. The first-order chi connectivity index (χ1) is 18.7. The van der Waals surface area contributed by atoms with Crippen LogP contribution in [0.2, 0.25) is 0 Å². The number of carboxylic acid groups (broad SMARTS) is 1. The number of aliphatic carboxylic acids is 1. The summed E-state index contributed by atoms with van der Waals surface area (Å²) in [5.74, 6) is -1.24. The van der Waals surface area contributed by atoms with Gasteiger partial charge in [-0.25, -0.2) is 14.3 Å². The number of carboxylic acids is 1. The predicted molar refractivity (Wildman–Crippen MR) is 149 cm³/mol. The molecule has 0 saturated carbocycles. The van der Waals surface area contributed by atoms with Gasteiger partial charge in [0.25, 0.3) is 11.8 Å². The average Bonchev–Trinajstić information content (AvgIpc) is 3.33. The predicted octanol–water partition coefficient (Wildman–Crippen LogP) is 0.0297. The molecule has 4 rings (SSSR count). The van der Waals surface area contributed by atoms with Crippen molar-refractivity contribution in [1.82, 2.24) is 20.2 Å². The monoisotopic (exact) mass is 592 g/mol. The molecule has 2 aliphatic heterocycles. The van der Waals surface area contributed by atoms with Crippen LogP contribution in [0.3, 0.4) is 0 Å². The van der Waals surface area contributed by atoms with Gasteiger partial charge in [-0.3, -0.25) is 14.5 Å². The summed E-state index contributed by atoms with van der Waals surface area (Å²) in [6.45, 7) is 6.03. The summed E-state index contributed by atoms with van der Waals surface area (Å²) in [6, 6.07) is 0.582. The van der Waals surface area contributed by atoms with Gasteiger partial charge < -0.3 is 32.5 Å². The molecule has 4 heterocycles. The van der Waals surface area contributed by atoms with E-state index in [1.807, 2.05) is 6.92 Å². The van der Waals surface area contributed by atoms with Gasteiger partial charge in [0.1, 0.15) is 29.4 Å². The highest BCUT2D eigenvalue weighted by molar-refractivity contribution is 8.01. The van der Waals surface area contributed by atoms with Gasteiger partial charge in [-0.15, -0.1) is 23.1 Å². The maximum atomic E-state index is 13.1. The molecule has 1 saturated heterocycles. The molecule has 8 N–H and O–H groups in total. The van der Waals surface area contributed by atoms with E-state index in [1.165, 1.54) is 39.9 Å². The van der Waals surface area contributed by atoms with E-state index in [9.17, 15) is 19.5 Å². The number of thiazole rings is 1. The average molecular weight is 593 g/mol. The zero-order valence-corrected chi connectivity index (χ0v) is 23.1. The van der Waals surface area contributed by atoms with E-state index in [-0.39, 0.29) is 40.4 Å². The van der Waals surface area contributed by atoms with Crippen LogP contribution in [-0.2, 0) is 25.8 Å². The number of nitrogen functional groups attached to an aromatic ring is 3. The molecule has 0 spiro atoms. The fraction of sp³-hybridized carbons (Fsp3) is 0.318. The molecular weight excluding hydrogens is 567 g/mol. The molecular formula is C22H26N9O5S3+. The molecule has 0 aromatic carbocycles. The lowest BCUT2D eigenvalue weighted by molar-refractivity contribution is -0.719. The van der Waals surface area contributed by atoms with E-state index in [0.29, 0.717) is 28.8 Å². The number of nitrogens with one attached hydrogen (secondary N) is 1. The molecule has 2 aromatic heterocycles. The highest BCUT2D eigenvalue weighted by Gasteiger charge is 2.54. The van der Waals surface area contributed by atoms with Crippen molar-refractivity contribution in [2.75, 3.05) is 35.3 Å². The minimum atomic E-state index is -1.24. The first kappa shape index (κ1) is 28.2. The summed E-state index contributed by atoms with van der Waals surface area (Å²) in [4.78, 5) is 53.0. The molecule has 1 fully saturated rings. The van der Waals surface area contributed by atoms with E-state index >= 15 is 0 Å². The maximum absolute atomic E-state index is 13.1. The standard InChI is InChI=1S/C22H25N9O5S3/c1-3-5-36-29-14(11-9-38-21(25)26-11)17(32)28-15-18(33)31-16(20(34)35)10(7-37-19(15)31)8-39-22-27-12(23)6-13(24)30(22)4-2/h3,6,9,15,19H,1,4-5,7-8H2,2H3,(H7,23,24,25,26,28,32,34,35)/p+1/b29-14-/t15?,19-/m1/s1. The SMILES string of the molecule is C=CCO/N=C(\C(=O)NC1C(=O)N2C(C(=O)O)=C(CSc3nc(N)cc(N)[n+]3CC)CS[C@H]12)c1csc(N)n1. The van der Waals surface area contributed by atoms with Crippen LogP contribution >= 0.6 is 34.9 Å². The number of amides is 2. The molecule has 2 aromatic rings. The van der Waals surface area contributed by atoms with Crippen LogP contribution < -0.4 is 27.1 Å². The number of hydrogen-bond acceptors (Lipinski definition) is 13. The Hall–Kier alpha value is -3.83. The molecule has 206 valence electrons. The summed E-state index contributed by atoms with van der Waals surface area (Å²) >= 11 is 3.73. The Labute approximate surface area is 235 Å². The number of carbonyl (C=O) groups excluding carboxylic acids is 2. The number of oxime groups is 1. The molecule has 1 unspecified atom stereocenters. The third-order valence-electron chi connectivity index (χ3n) is 5.62. The van der Waals surface area contributed by atoms with Crippen LogP contribution in [0.4, 0.5) is 16.8 Å². The summed E-state index contributed by atoms with van der Waals surface area (Å²) in [6.07, 6.45) is 1.45. The van der Waals surface area contributed by atoms with Crippen LogP contribution in [0.5, 0.6) is 0 Å². The van der Waals surface area contributed by atoms with Crippen molar-refractivity contribution in [3.8, 4) is 0 Å². The molecule has 2 amide bonds. The Morgan fingerprint density at radius 3 is 2.82 bits per heavy atom. The zero-order chi connectivity index (χ0) is 28.3. The molecule has 2 atom stereocenters. The fourth-order valence-corrected chi connectivity index (χ4v) is 7.01. The molecule has 2 aliphatic rings. The second-order valence-corrected chi connectivity index (χ2v) is 11.1. The number of β-lactam (4-membered cyclic amide) rings is 1. The maximum Gasteiger partial charge on any atom is 0.352 e. The van der Waals surface area contributed by atoms with Crippen LogP contribution in [0.25, 0.3) is 0 Å². The van der Waals surface area contributed by atoms with Crippen molar-refractivity contribution in [1.29, 1.82) is 0 Å². The van der Waals surface area contributed by atoms with Gasteiger partial charge in [-0.05, 0) is 24.3 Å². The van der Waals surface area contributed by atoms with Crippen molar-refractivity contribution in [2.45, 2.75) is 30.0 Å². The number of fused-ring (bicyclic) bond motifs is 1. The molecule has 0 bridgehead atoms. The Morgan fingerprint density at radius 1 is 1.41 bits per heavy atom. The second-order valence-electron chi connectivity index (χ2n) is 8.13. The fourth-order valence-electron chi connectivity index (χ4n) is 3.88. The number of rotatable bonds is 11. The number of nitrogens with zero attached hydrogens (tertiary/aromatic N) is 5. The molecule has 17 heteroatoms. The lowest BCUT2D eigenvalue weighted by atomic mass is 10.0. The lowest BCUT2D eigenvalue weighted by Crippen LogP contribution is -2.71. The summed E-state index contributed by atoms with van der Waals surface area (Å²) < 4.78 is 1.76. The van der Waals surface area contributed by atoms with Gasteiger partial charge in [0.2, 0.25) is 11.6 Å². The summed E-state index contributed by atoms with van der Waals surface area (Å²) in [5.41, 5.74) is 18.0. The third-order valence-corrected chi connectivity index (χ3v) is 8.70. The topological polar surface area (TPSA) is 216 Å². The van der Waals surface area contributed by atoms with Gasteiger partial charge in [0.15, 0.2) is 10.8 Å². The number of thioether (sulfide) groups is 2. The van der Waals surface area contributed by atoms with E-state index in [2.05, 4.69) is 27.0 Å². The van der Waals surface area contributed by atoms with Crippen molar-refractivity contribution in [2.24, 2.45) is 5.16 Å². The number of aromatic nitrogens is 3. The highest BCUT2D eigenvalue weighted by Crippen LogP contribution is 2.41. The van der Waals surface area contributed by atoms with Crippen molar-refractivity contribution < 1.29 is 28.9 Å². The smallest absolute Gasteiger partial charge is 0.352 e. The van der Waals surface area contributed by atoms with Crippen molar-refractivity contribution >= 4 is 75.1 Å². The van der Waals surface area contributed by atoms with Crippen LogP contribution in [0.15, 0.2) is 45.7 Å². The zero-order valence-electron chi connectivity index (χ0n) is 20.7. The second kappa shape index (κ2) is 11.9. The first-order valence-corrected chi connectivity index (χ1v) is 14.4. The Balaban J connectivity index is 1.51. The van der Waals surface area contributed by atoms with Gasteiger partial charge in [0, 0.05) is 16.9 Å². The van der Waals surface area contributed by atoms with Gasteiger partial charge in [0.05, 0.1) is 12.6 Å². The molecule has 0 radical (unpaired) electrons. The van der Waals surface area contributed by atoms with E-state index < -0.39 is 29.2 Å². The number of carbonyl (C=O) groups is 3. The van der Waals surface area contributed by atoms with Crippen molar-refractivity contribution in [3.63, 3.8) is 0 Å². The van der Waals surface area contributed by atoms with E-state index in [1.54, 1.807) is 10.6 Å². The van der Waals surface area contributed by atoms with Crippen LogP contribution in [-0.4, -0.2) is 73.0 Å². The van der Waals surface area contributed by atoms with Crippen LogP contribution in [0.1, 0.15) is 12.6 Å². The molecule has 39 heavy (non-hydrogen) atoms. The van der Waals surface area contributed by atoms with Crippen molar-refractivity contribution in [3.05, 3.63) is 41.1 Å². The van der Waals surface area contributed by atoms with Crippen LogP contribution in [0, 0.1) is 0 Å². The normalized spacial score (nSPS) is 18.8. The van der Waals surface area contributed by atoms with Gasteiger partial charge in [-0.1, -0.05) is 22.8 Å². The highest BCUT2D eigenvalue weighted by atomic mass is 32.2. The quantitative estimate of drug-likeness (QED) is 0.0341. The van der Waals surface area contributed by atoms with Gasteiger partial charge in [-0.2, -0.15) is 0 Å². The number of hydrogen-bond donors (Lipinski definition) is 5. The minimum Gasteiger partial charge on any atom is -0.477 e. The number of anilines is 3. The van der Waals surface area contributed by atoms with E-state index in [0.717, 1.165) is 11.3 Å². The van der Waals surface area contributed by atoms with Gasteiger partial charge >= 0.3 is 11.1 Å². The largest absolute Gasteiger partial charge is 0.477 e. The first-order valence-electron chi connectivity index (χ1n) is 11.5.